The lowest BCUT2D eigenvalue weighted by molar-refractivity contribution is -0.137. The van der Waals surface area contributed by atoms with Crippen LogP contribution in [-0.4, -0.2) is 40.8 Å². The maximum absolute atomic E-state index is 12.1. The number of rotatable bonds is 11. The number of amides is 2. The summed E-state index contributed by atoms with van der Waals surface area (Å²) in [6.07, 6.45) is 0.683. The lowest BCUT2D eigenvalue weighted by atomic mass is 10.1. The summed E-state index contributed by atoms with van der Waals surface area (Å²) in [4.78, 5) is 33.8. The molecule has 0 radical (unpaired) electrons. The van der Waals surface area contributed by atoms with Gasteiger partial charge in [0, 0.05) is 24.8 Å². The smallest absolute Gasteiger partial charge is 0.407 e. The van der Waals surface area contributed by atoms with Gasteiger partial charge in [0.2, 0.25) is 5.91 Å². The first-order valence-corrected chi connectivity index (χ1v) is 10.7. The van der Waals surface area contributed by atoms with Crippen molar-refractivity contribution < 1.29 is 29.0 Å². The van der Waals surface area contributed by atoms with E-state index < -0.39 is 29.6 Å². The summed E-state index contributed by atoms with van der Waals surface area (Å²) in [7, 11) is 0. The van der Waals surface area contributed by atoms with Crippen LogP contribution in [-0.2, 0) is 25.7 Å². The molecule has 4 N–H and O–H groups in total. The molecule has 1 aromatic carbocycles. The van der Waals surface area contributed by atoms with Crippen LogP contribution in [0.15, 0.2) is 24.3 Å². The van der Waals surface area contributed by atoms with Crippen LogP contribution in [0.5, 0.6) is 0 Å². The number of carbonyl (C=O) groups is 3. The van der Waals surface area contributed by atoms with Crippen LogP contribution in [0.25, 0.3) is 0 Å². The van der Waals surface area contributed by atoms with Gasteiger partial charge in [0.05, 0.1) is 18.8 Å². The van der Waals surface area contributed by atoms with E-state index >= 15 is 0 Å². The minimum atomic E-state index is -0.816. The standard InChI is InChI=1S/C24H34N2O6/c1-17(20(14-15-21(25)27)26-23(30)32-24(2,3)4)31-16-19-12-10-18(11-13-19)8-6-5-7-9-22(28)29/h10-13,17,20H,5,7,9,14-16H2,1-4H3,(H2,25,27)(H,26,30)(H,28,29)/t17-,20+/m1/s1. The fraction of sp³-hybridized carbons (Fsp3) is 0.542. The largest absolute Gasteiger partial charge is 0.481 e. The molecule has 176 valence electrons. The van der Waals surface area contributed by atoms with Gasteiger partial charge >= 0.3 is 12.1 Å². The average Bonchev–Trinajstić information content (AvgIpc) is 2.68. The lowest BCUT2D eigenvalue weighted by Crippen LogP contribution is -2.45. The van der Waals surface area contributed by atoms with E-state index in [0.29, 0.717) is 25.9 Å². The van der Waals surface area contributed by atoms with Crippen molar-refractivity contribution >= 4 is 18.0 Å². The second kappa shape index (κ2) is 13.4. The Morgan fingerprint density at radius 2 is 1.81 bits per heavy atom. The number of benzene rings is 1. The van der Waals surface area contributed by atoms with E-state index in [1.807, 2.05) is 31.2 Å². The van der Waals surface area contributed by atoms with Crippen molar-refractivity contribution in [2.75, 3.05) is 0 Å². The number of hydrogen-bond acceptors (Lipinski definition) is 5. The molecule has 0 saturated heterocycles. The number of nitrogens with two attached hydrogens (primary N) is 1. The summed E-state index contributed by atoms with van der Waals surface area (Å²) >= 11 is 0. The Morgan fingerprint density at radius 3 is 2.38 bits per heavy atom. The molecular formula is C24H34N2O6. The van der Waals surface area contributed by atoms with Gasteiger partial charge in [-0.25, -0.2) is 4.79 Å². The Balaban J connectivity index is 2.61. The summed E-state index contributed by atoms with van der Waals surface area (Å²) in [5.74, 6) is 4.70. The maximum Gasteiger partial charge on any atom is 0.407 e. The summed E-state index contributed by atoms with van der Waals surface area (Å²) < 4.78 is 11.2. The molecule has 1 aromatic rings. The van der Waals surface area contributed by atoms with Crippen molar-refractivity contribution in [2.45, 2.75) is 84.2 Å². The zero-order chi connectivity index (χ0) is 24.1. The van der Waals surface area contributed by atoms with E-state index in [4.69, 9.17) is 20.3 Å². The molecule has 32 heavy (non-hydrogen) atoms. The molecule has 0 saturated carbocycles. The van der Waals surface area contributed by atoms with E-state index in [9.17, 15) is 14.4 Å². The van der Waals surface area contributed by atoms with Gasteiger partial charge in [-0.2, -0.15) is 0 Å². The van der Waals surface area contributed by atoms with Crippen molar-refractivity contribution in [3.63, 3.8) is 0 Å². The van der Waals surface area contributed by atoms with Crippen LogP contribution >= 0.6 is 0 Å². The number of carbonyl (C=O) groups excluding carboxylic acids is 2. The topological polar surface area (TPSA) is 128 Å². The monoisotopic (exact) mass is 446 g/mol. The summed E-state index contributed by atoms with van der Waals surface area (Å²) in [6.45, 7) is 7.45. The summed E-state index contributed by atoms with van der Waals surface area (Å²) in [5.41, 5.74) is 6.39. The van der Waals surface area contributed by atoms with Crippen LogP contribution in [0.2, 0.25) is 0 Å². The molecule has 0 aliphatic heterocycles. The molecule has 0 bridgehead atoms. The minimum absolute atomic E-state index is 0.117. The quantitative estimate of drug-likeness (QED) is 0.353. The van der Waals surface area contributed by atoms with E-state index in [2.05, 4.69) is 17.2 Å². The molecule has 0 unspecified atom stereocenters. The van der Waals surface area contributed by atoms with Crippen LogP contribution in [0.3, 0.4) is 0 Å². The molecule has 2 atom stereocenters. The van der Waals surface area contributed by atoms with Gasteiger partial charge in [0.25, 0.3) is 0 Å². The minimum Gasteiger partial charge on any atom is -0.481 e. The number of alkyl carbamates (subject to hydrolysis) is 1. The highest BCUT2D eigenvalue weighted by atomic mass is 16.6. The highest BCUT2D eigenvalue weighted by Gasteiger charge is 2.24. The fourth-order valence-corrected chi connectivity index (χ4v) is 2.70. The average molecular weight is 447 g/mol. The van der Waals surface area contributed by atoms with Crippen LogP contribution < -0.4 is 11.1 Å². The normalized spacial score (nSPS) is 12.8. The molecule has 8 heteroatoms. The highest BCUT2D eigenvalue weighted by molar-refractivity contribution is 5.74. The third-order valence-corrected chi connectivity index (χ3v) is 4.36. The number of aliphatic carboxylic acids is 1. The maximum atomic E-state index is 12.1. The Hall–Kier alpha value is -3.05. The first-order chi connectivity index (χ1) is 15.0. The molecule has 0 aromatic heterocycles. The molecule has 0 heterocycles. The Kier molecular flexibility index (Phi) is 11.3. The van der Waals surface area contributed by atoms with E-state index in [-0.39, 0.29) is 18.9 Å². The number of hydrogen-bond donors (Lipinski definition) is 3. The number of carboxylic acids is 1. The first kappa shape index (κ1) is 27.0. The van der Waals surface area contributed by atoms with Gasteiger partial charge in [-0.3, -0.25) is 9.59 Å². The van der Waals surface area contributed by atoms with Gasteiger partial charge in [0.15, 0.2) is 0 Å². The number of carboxylic acid groups (broad SMARTS) is 1. The molecule has 2 amide bonds. The number of ether oxygens (including phenoxy) is 2. The zero-order valence-corrected chi connectivity index (χ0v) is 19.3. The van der Waals surface area contributed by atoms with E-state index in [1.54, 1.807) is 20.8 Å². The number of nitrogens with one attached hydrogen (secondary N) is 1. The second-order valence-corrected chi connectivity index (χ2v) is 8.52. The van der Waals surface area contributed by atoms with Crippen molar-refractivity contribution in [1.82, 2.24) is 5.32 Å². The van der Waals surface area contributed by atoms with Gasteiger partial charge in [-0.05, 0) is 58.2 Å². The Bertz CT molecular complexity index is 818. The Labute approximate surface area is 189 Å². The molecule has 0 aliphatic carbocycles. The molecule has 0 spiro atoms. The van der Waals surface area contributed by atoms with Crippen molar-refractivity contribution in [3.8, 4) is 11.8 Å². The molecule has 0 aliphatic rings. The third kappa shape index (κ3) is 12.6. The van der Waals surface area contributed by atoms with E-state index in [0.717, 1.165) is 11.1 Å². The number of unbranched alkanes of at least 4 members (excludes halogenated alkanes) is 1. The van der Waals surface area contributed by atoms with Crippen LogP contribution in [0.4, 0.5) is 4.79 Å². The van der Waals surface area contributed by atoms with Gasteiger partial charge in [0.1, 0.15) is 5.60 Å². The van der Waals surface area contributed by atoms with Crippen molar-refractivity contribution in [3.05, 3.63) is 35.4 Å². The third-order valence-electron chi connectivity index (χ3n) is 4.36. The Morgan fingerprint density at radius 1 is 1.16 bits per heavy atom. The van der Waals surface area contributed by atoms with Crippen molar-refractivity contribution in [1.29, 1.82) is 0 Å². The van der Waals surface area contributed by atoms with E-state index in [1.165, 1.54) is 0 Å². The lowest BCUT2D eigenvalue weighted by Gasteiger charge is -2.27. The van der Waals surface area contributed by atoms with Crippen molar-refractivity contribution in [2.24, 2.45) is 5.73 Å². The predicted molar refractivity (Wildman–Crippen MR) is 121 cm³/mol. The second-order valence-electron chi connectivity index (χ2n) is 8.52. The molecule has 0 fully saturated rings. The molecule has 8 nitrogen and oxygen atoms in total. The highest BCUT2D eigenvalue weighted by Crippen LogP contribution is 2.13. The zero-order valence-electron chi connectivity index (χ0n) is 19.3. The van der Waals surface area contributed by atoms with Crippen LogP contribution in [0.1, 0.15) is 70.9 Å². The number of primary amides is 1. The van der Waals surface area contributed by atoms with Gasteiger partial charge < -0.3 is 25.6 Å². The SMILES string of the molecule is C[C@@H](OCc1ccc(C#CCCCC(=O)O)cc1)[C@H](CCC(N)=O)NC(=O)OC(C)(C)C. The van der Waals surface area contributed by atoms with Gasteiger partial charge in [-0.1, -0.05) is 24.0 Å². The molecular weight excluding hydrogens is 412 g/mol. The summed E-state index contributed by atoms with van der Waals surface area (Å²) in [5, 5.41) is 11.4. The fourth-order valence-electron chi connectivity index (χ4n) is 2.70. The van der Waals surface area contributed by atoms with Gasteiger partial charge in [-0.15, -0.1) is 0 Å². The first-order valence-electron chi connectivity index (χ1n) is 10.7. The molecule has 1 rings (SSSR count). The summed E-state index contributed by atoms with van der Waals surface area (Å²) in [6, 6.07) is 7.10. The van der Waals surface area contributed by atoms with Crippen LogP contribution in [0, 0.1) is 11.8 Å². The predicted octanol–water partition coefficient (Wildman–Crippen LogP) is 3.36.